The topological polar surface area (TPSA) is 67.0 Å². The number of amides is 1. The van der Waals surface area contributed by atoms with Crippen LogP contribution < -0.4 is 5.32 Å². The summed E-state index contributed by atoms with van der Waals surface area (Å²) in [5.41, 5.74) is 1.56. The number of nitrogens with one attached hydrogen (secondary N) is 2. The summed E-state index contributed by atoms with van der Waals surface area (Å²) in [6.07, 6.45) is 1.29. The van der Waals surface area contributed by atoms with Gasteiger partial charge in [0.05, 0.1) is 10.7 Å². The van der Waals surface area contributed by atoms with Gasteiger partial charge in [0.15, 0.2) is 5.82 Å². The van der Waals surface area contributed by atoms with Gasteiger partial charge in [0, 0.05) is 22.7 Å². The summed E-state index contributed by atoms with van der Waals surface area (Å²) in [5.74, 6) is 0.299. The SMILES string of the molecule is O=C(Nc1cc(-c2cc(Br)ccc2Cl)[nH]n1)[C@H]1CCCO1. The summed E-state index contributed by atoms with van der Waals surface area (Å²) < 4.78 is 6.25. The molecule has 3 rings (SSSR count). The van der Waals surface area contributed by atoms with E-state index in [0.29, 0.717) is 17.4 Å². The van der Waals surface area contributed by atoms with Crippen molar-refractivity contribution < 1.29 is 9.53 Å². The maximum Gasteiger partial charge on any atom is 0.254 e. The first-order valence-electron chi connectivity index (χ1n) is 6.57. The lowest BCUT2D eigenvalue weighted by Gasteiger charge is -2.07. The van der Waals surface area contributed by atoms with E-state index < -0.39 is 0 Å². The van der Waals surface area contributed by atoms with E-state index in [4.69, 9.17) is 16.3 Å². The third kappa shape index (κ3) is 3.28. The average molecular weight is 371 g/mol. The lowest BCUT2D eigenvalue weighted by atomic mass is 10.1. The van der Waals surface area contributed by atoms with Crippen molar-refractivity contribution in [2.24, 2.45) is 0 Å². The molecule has 1 aromatic carbocycles. The number of aromatic nitrogens is 2. The van der Waals surface area contributed by atoms with Crippen molar-refractivity contribution in [2.45, 2.75) is 18.9 Å². The first kappa shape index (κ1) is 14.6. The molecule has 5 nitrogen and oxygen atoms in total. The van der Waals surface area contributed by atoms with Crippen molar-refractivity contribution in [1.29, 1.82) is 0 Å². The molecule has 0 aliphatic carbocycles. The van der Waals surface area contributed by atoms with Crippen LogP contribution in [0.5, 0.6) is 0 Å². The smallest absolute Gasteiger partial charge is 0.254 e. The summed E-state index contributed by atoms with van der Waals surface area (Å²) in [7, 11) is 0. The molecule has 0 radical (unpaired) electrons. The van der Waals surface area contributed by atoms with Gasteiger partial charge >= 0.3 is 0 Å². The highest BCUT2D eigenvalue weighted by molar-refractivity contribution is 9.10. The van der Waals surface area contributed by atoms with Gasteiger partial charge in [0.2, 0.25) is 0 Å². The monoisotopic (exact) mass is 369 g/mol. The average Bonchev–Trinajstić information content (AvgIpc) is 3.12. The van der Waals surface area contributed by atoms with Crippen molar-refractivity contribution in [3.05, 3.63) is 33.8 Å². The molecule has 1 aliphatic rings. The summed E-state index contributed by atoms with van der Waals surface area (Å²) in [6, 6.07) is 7.30. The molecule has 2 aromatic rings. The molecule has 1 atom stereocenters. The molecule has 0 bridgehead atoms. The Bertz CT molecular complexity index is 668. The van der Waals surface area contributed by atoms with Crippen LogP contribution in [0, 0.1) is 0 Å². The molecule has 0 saturated carbocycles. The Morgan fingerprint density at radius 3 is 3.10 bits per heavy atom. The van der Waals surface area contributed by atoms with E-state index in [9.17, 15) is 4.79 Å². The van der Waals surface area contributed by atoms with Crippen LogP contribution >= 0.6 is 27.5 Å². The Labute approximate surface area is 135 Å². The van der Waals surface area contributed by atoms with E-state index in [2.05, 4.69) is 31.4 Å². The molecule has 2 heterocycles. The standard InChI is InChI=1S/C14H13BrClN3O2/c15-8-3-4-10(16)9(6-8)11-7-13(19-18-11)17-14(20)12-2-1-5-21-12/h3-4,6-7,12H,1-2,5H2,(H2,17,18,19,20)/t12-/m1/s1. The first-order valence-corrected chi connectivity index (χ1v) is 7.74. The fourth-order valence-corrected chi connectivity index (χ4v) is 2.80. The number of ether oxygens (including phenoxy) is 1. The summed E-state index contributed by atoms with van der Waals surface area (Å²) in [4.78, 5) is 12.0. The maximum atomic E-state index is 12.0. The van der Waals surface area contributed by atoms with E-state index in [1.807, 2.05) is 12.1 Å². The number of hydrogen-bond donors (Lipinski definition) is 2. The molecule has 2 N–H and O–H groups in total. The van der Waals surface area contributed by atoms with E-state index in [1.165, 1.54) is 0 Å². The molecular formula is C14H13BrClN3O2. The third-order valence-corrected chi connectivity index (χ3v) is 4.09. The predicted octanol–water partition coefficient (Wildman–Crippen LogP) is 3.61. The Balaban J connectivity index is 1.77. The number of hydrogen-bond acceptors (Lipinski definition) is 3. The van der Waals surface area contributed by atoms with Gasteiger partial charge in [-0.15, -0.1) is 0 Å². The molecule has 21 heavy (non-hydrogen) atoms. The quantitative estimate of drug-likeness (QED) is 0.867. The number of anilines is 1. The molecular weight excluding hydrogens is 358 g/mol. The summed E-state index contributed by atoms with van der Waals surface area (Å²) >= 11 is 9.58. The fraction of sp³-hybridized carbons (Fsp3) is 0.286. The van der Waals surface area contributed by atoms with E-state index in [1.54, 1.807) is 12.1 Å². The maximum absolute atomic E-state index is 12.0. The third-order valence-electron chi connectivity index (χ3n) is 3.27. The minimum Gasteiger partial charge on any atom is -0.368 e. The van der Waals surface area contributed by atoms with Gasteiger partial charge < -0.3 is 10.1 Å². The van der Waals surface area contributed by atoms with Gasteiger partial charge in [-0.25, -0.2) is 0 Å². The van der Waals surface area contributed by atoms with Crippen LogP contribution in [-0.2, 0) is 9.53 Å². The van der Waals surface area contributed by atoms with Crippen LogP contribution in [0.1, 0.15) is 12.8 Å². The van der Waals surface area contributed by atoms with Gasteiger partial charge in [0.25, 0.3) is 5.91 Å². The van der Waals surface area contributed by atoms with Crippen molar-refractivity contribution >= 4 is 39.3 Å². The molecule has 1 fully saturated rings. The number of carbonyl (C=O) groups excluding carboxylic acids is 1. The lowest BCUT2D eigenvalue weighted by Crippen LogP contribution is -2.26. The second kappa shape index (κ2) is 6.17. The molecule has 0 unspecified atom stereocenters. The molecule has 7 heteroatoms. The Hall–Kier alpha value is -1.37. The lowest BCUT2D eigenvalue weighted by molar-refractivity contribution is -0.124. The highest BCUT2D eigenvalue weighted by atomic mass is 79.9. The number of rotatable bonds is 3. The molecule has 1 aromatic heterocycles. The first-order chi connectivity index (χ1) is 10.1. The van der Waals surface area contributed by atoms with E-state index >= 15 is 0 Å². The van der Waals surface area contributed by atoms with Gasteiger partial charge in [-0.05, 0) is 31.0 Å². The van der Waals surface area contributed by atoms with Crippen LogP contribution in [0.4, 0.5) is 5.82 Å². The number of carbonyl (C=O) groups is 1. The van der Waals surface area contributed by atoms with Crippen LogP contribution in [0.15, 0.2) is 28.7 Å². The number of halogens is 2. The van der Waals surface area contributed by atoms with E-state index in [-0.39, 0.29) is 12.0 Å². The van der Waals surface area contributed by atoms with Crippen molar-refractivity contribution in [3.63, 3.8) is 0 Å². The molecule has 1 amide bonds. The van der Waals surface area contributed by atoms with Crippen LogP contribution in [0.25, 0.3) is 11.3 Å². The highest BCUT2D eigenvalue weighted by Gasteiger charge is 2.24. The Kier molecular flexibility index (Phi) is 4.28. The number of aromatic amines is 1. The van der Waals surface area contributed by atoms with Crippen molar-refractivity contribution in [2.75, 3.05) is 11.9 Å². The molecule has 110 valence electrons. The van der Waals surface area contributed by atoms with Crippen LogP contribution in [0.3, 0.4) is 0 Å². The summed E-state index contributed by atoms with van der Waals surface area (Å²) in [5, 5.41) is 10.3. The second-order valence-corrected chi connectivity index (χ2v) is 6.10. The predicted molar refractivity (Wildman–Crippen MR) is 84.3 cm³/mol. The second-order valence-electron chi connectivity index (χ2n) is 4.78. The van der Waals surface area contributed by atoms with Crippen molar-refractivity contribution in [1.82, 2.24) is 10.2 Å². The van der Waals surface area contributed by atoms with E-state index in [0.717, 1.165) is 28.6 Å². The normalized spacial score (nSPS) is 17.9. The highest BCUT2D eigenvalue weighted by Crippen LogP contribution is 2.30. The van der Waals surface area contributed by atoms with Crippen LogP contribution in [-0.4, -0.2) is 28.8 Å². The van der Waals surface area contributed by atoms with Crippen molar-refractivity contribution in [3.8, 4) is 11.3 Å². The zero-order chi connectivity index (χ0) is 14.8. The largest absolute Gasteiger partial charge is 0.368 e. The Morgan fingerprint density at radius 2 is 2.33 bits per heavy atom. The van der Waals surface area contributed by atoms with Gasteiger partial charge in [0.1, 0.15) is 6.10 Å². The molecule has 1 saturated heterocycles. The summed E-state index contributed by atoms with van der Waals surface area (Å²) in [6.45, 7) is 0.636. The number of benzene rings is 1. The minimum atomic E-state index is -0.375. The molecule has 1 aliphatic heterocycles. The number of nitrogens with zero attached hydrogens (tertiary/aromatic N) is 1. The van der Waals surface area contributed by atoms with Gasteiger partial charge in [-0.3, -0.25) is 9.89 Å². The zero-order valence-electron chi connectivity index (χ0n) is 11.0. The van der Waals surface area contributed by atoms with Gasteiger partial charge in [-0.1, -0.05) is 27.5 Å². The minimum absolute atomic E-state index is 0.161. The fourth-order valence-electron chi connectivity index (χ4n) is 2.22. The number of H-pyrrole nitrogens is 1. The van der Waals surface area contributed by atoms with Gasteiger partial charge in [-0.2, -0.15) is 5.10 Å². The molecule has 0 spiro atoms. The Morgan fingerprint density at radius 1 is 1.48 bits per heavy atom. The van der Waals surface area contributed by atoms with Crippen LogP contribution in [0.2, 0.25) is 5.02 Å². The zero-order valence-corrected chi connectivity index (χ0v) is 13.4.